The molecule has 0 aliphatic rings. The number of halogens is 1. The number of nitrogens with one attached hydrogen (secondary N) is 1. The summed E-state index contributed by atoms with van der Waals surface area (Å²) in [7, 11) is 0. The summed E-state index contributed by atoms with van der Waals surface area (Å²) in [4.78, 5) is 22.7. The van der Waals surface area contributed by atoms with Gasteiger partial charge >= 0.3 is 5.97 Å². The summed E-state index contributed by atoms with van der Waals surface area (Å²) in [6, 6.07) is 13.8. The molecule has 0 fully saturated rings. The van der Waals surface area contributed by atoms with E-state index in [0.717, 1.165) is 5.56 Å². The van der Waals surface area contributed by atoms with Crippen molar-refractivity contribution in [2.24, 2.45) is 0 Å². The van der Waals surface area contributed by atoms with E-state index in [1.807, 2.05) is 0 Å². The van der Waals surface area contributed by atoms with Gasteiger partial charge in [-0.2, -0.15) is 0 Å². The molecule has 0 saturated carbocycles. The average molecular weight is 316 g/mol. The van der Waals surface area contributed by atoms with Crippen LogP contribution in [0.4, 0.5) is 5.69 Å². The molecule has 0 atom stereocenters. The highest BCUT2D eigenvalue weighted by atomic mass is 35.5. The summed E-state index contributed by atoms with van der Waals surface area (Å²) in [5.41, 5.74) is 1.37. The first-order chi connectivity index (χ1) is 10.5. The van der Waals surface area contributed by atoms with Crippen molar-refractivity contribution in [2.45, 2.75) is 6.92 Å². The Morgan fingerprint density at radius 1 is 1.14 bits per heavy atom. The first kappa shape index (κ1) is 15.8. The molecule has 2 aromatic rings. The zero-order valence-electron chi connectivity index (χ0n) is 11.9. The van der Waals surface area contributed by atoms with E-state index in [4.69, 9.17) is 16.3 Å². The normalized spacial score (nSPS) is 10.5. The van der Waals surface area contributed by atoms with Crippen LogP contribution in [0.5, 0.6) is 5.75 Å². The van der Waals surface area contributed by atoms with Crippen LogP contribution in [0.15, 0.2) is 54.6 Å². The zero-order valence-corrected chi connectivity index (χ0v) is 12.6. The van der Waals surface area contributed by atoms with Crippen LogP contribution in [0.1, 0.15) is 12.5 Å². The van der Waals surface area contributed by atoms with E-state index in [9.17, 15) is 9.59 Å². The SMILES string of the molecule is CC(=O)Oc1cccc(/C=C/C(=O)Nc2cccc(Cl)c2)c1. The Morgan fingerprint density at radius 3 is 2.64 bits per heavy atom. The Bertz CT molecular complexity index is 725. The van der Waals surface area contributed by atoms with Gasteiger partial charge in [-0.05, 0) is 42.0 Å². The van der Waals surface area contributed by atoms with Gasteiger partial charge in [0, 0.05) is 23.7 Å². The molecule has 0 bridgehead atoms. The van der Waals surface area contributed by atoms with Gasteiger partial charge in [0.1, 0.15) is 5.75 Å². The van der Waals surface area contributed by atoms with Gasteiger partial charge in [-0.3, -0.25) is 9.59 Å². The Balaban J connectivity index is 2.02. The predicted octanol–water partition coefficient (Wildman–Crippen LogP) is 3.92. The number of hydrogen-bond acceptors (Lipinski definition) is 3. The number of esters is 1. The van der Waals surface area contributed by atoms with Crippen molar-refractivity contribution in [3.8, 4) is 5.75 Å². The molecular weight excluding hydrogens is 302 g/mol. The molecule has 112 valence electrons. The van der Waals surface area contributed by atoms with Crippen LogP contribution in [-0.4, -0.2) is 11.9 Å². The van der Waals surface area contributed by atoms with E-state index in [1.165, 1.54) is 13.0 Å². The first-order valence-corrected chi connectivity index (χ1v) is 6.94. The molecule has 0 saturated heterocycles. The molecule has 0 radical (unpaired) electrons. The first-order valence-electron chi connectivity index (χ1n) is 6.56. The van der Waals surface area contributed by atoms with Crippen molar-refractivity contribution in [3.05, 3.63) is 65.2 Å². The van der Waals surface area contributed by atoms with Crippen molar-refractivity contribution >= 4 is 35.2 Å². The summed E-state index contributed by atoms with van der Waals surface area (Å²) in [5.74, 6) is -0.232. The molecule has 0 aromatic heterocycles. The van der Waals surface area contributed by atoms with Crippen LogP contribution < -0.4 is 10.1 Å². The number of ether oxygens (including phenoxy) is 1. The number of carbonyl (C=O) groups is 2. The van der Waals surface area contributed by atoms with E-state index >= 15 is 0 Å². The summed E-state index contributed by atoms with van der Waals surface area (Å²) >= 11 is 5.85. The molecule has 0 aliphatic heterocycles. The number of carbonyl (C=O) groups excluding carboxylic acids is 2. The second kappa shape index (κ2) is 7.43. The lowest BCUT2D eigenvalue weighted by Gasteiger charge is -2.03. The zero-order chi connectivity index (χ0) is 15.9. The molecular formula is C17H14ClNO3. The van der Waals surface area contributed by atoms with Gasteiger partial charge < -0.3 is 10.1 Å². The Morgan fingerprint density at radius 2 is 1.91 bits per heavy atom. The predicted molar refractivity (Wildman–Crippen MR) is 86.9 cm³/mol. The lowest BCUT2D eigenvalue weighted by atomic mass is 10.2. The summed E-state index contributed by atoms with van der Waals surface area (Å²) in [6.07, 6.45) is 3.03. The fourth-order valence-electron chi connectivity index (χ4n) is 1.77. The molecule has 0 heterocycles. The smallest absolute Gasteiger partial charge is 0.308 e. The van der Waals surface area contributed by atoms with Crippen LogP contribution >= 0.6 is 11.6 Å². The van der Waals surface area contributed by atoms with Crippen LogP contribution in [0.3, 0.4) is 0 Å². The minimum Gasteiger partial charge on any atom is -0.427 e. The third kappa shape index (κ3) is 5.07. The third-order valence-corrected chi connectivity index (χ3v) is 2.87. The molecule has 1 amide bonds. The number of hydrogen-bond donors (Lipinski definition) is 1. The second-order valence-electron chi connectivity index (χ2n) is 4.50. The number of amides is 1. The van der Waals surface area contributed by atoms with E-state index in [2.05, 4.69) is 5.32 Å². The fourth-order valence-corrected chi connectivity index (χ4v) is 1.96. The summed E-state index contributed by atoms with van der Waals surface area (Å²) in [6.45, 7) is 1.33. The number of rotatable bonds is 4. The van der Waals surface area contributed by atoms with Crippen molar-refractivity contribution < 1.29 is 14.3 Å². The van der Waals surface area contributed by atoms with Crippen molar-refractivity contribution in [2.75, 3.05) is 5.32 Å². The molecule has 0 spiro atoms. The van der Waals surface area contributed by atoms with E-state index in [0.29, 0.717) is 16.5 Å². The van der Waals surface area contributed by atoms with Crippen LogP contribution in [0.25, 0.3) is 6.08 Å². The highest BCUT2D eigenvalue weighted by molar-refractivity contribution is 6.30. The lowest BCUT2D eigenvalue weighted by Crippen LogP contribution is -2.07. The Kier molecular flexibility index (Phi) is 5.33. The maximum atomic E-state index is 11.8. The van der Waals surface area contributed by atoms with Crippen molar-refractivity contribution in [3.63, 3.8) is 0 Å². The van der Waals surface area contributed by atoms with Gasteiger partial charge in [-0.15, -0.1) is 0 Å². The van der Waals surface area contributed by atoms with Crippen LogP contribution in [-0.2, 0) is 9.59 Å². The highest BCUT2D eigenvalue weighted by Gasteiger charge is 2.00. The van der Waals surface area contributed by atoms with Gasteiger partial charge in [0.15, 0.2) is 0 Å². The van der Waals surface area contributed by atoms with E-state index < -0.39 is 0 Å². The third-order valence-electron chi connectivity index (χ3n) is 2.64. The van der Waals surface area contributed by atoms with Gasteiger partial charge in [0.05, 0.1) is 0 Å². The molecule has 2 rings (SSSR count). The molecule has 0 unspecified atom stereocenters. The number of anilines is 1. The maximum absolute atomic E-state index is 11.8. The Labute approximate surface area is 133 Å². The second-order valence-corrected chi connectivity index (χ2v) is 4.94. The van der Waals surface area contributed by atoms with Gasteiger partial charge in [-0.1, -0.05) is 29.8 Å². The molecule has 0 aliphatic carbocycles. The van der Waals surface area contributed by atoms with E-state index in [-0.39, 0.29) is 11.9 Å². The van der Waals surface area contributed by atoms with Gasteiger partial charge in [0.25, 0.3) is 0 Å². The van der Waals surface area contributed by atoms with Gasteiger partial charge in [0.2, 0.25) is 5.91 Å². The molecule has 5 heteroatoms. The molecule has 22 heavy (non-hydrogen) atoms. The maximum Gasteiger partial charge on any atom is 0.308 e. The standard InChI is InChI=1S/C17H14ClNO3/c1-12(20)22-16-7-2-4-13(10-16)8-9-17(21)19-15-6-3-5-14(18)11-15/h2-11H,1H3,(H,19,21)/b9-8+. The topological polar surface area (TPSA) is 55.4 Å². The van der Waals surface area contributed by atoms with E-state index in [1.54, 1.807) is 54.6 Å². The Hall–Kier alpha value is -2.59. The van der Waals surface area contributed by atoms with Crippen LogP contribution in [0.2, 0.25) is 5.02 Å². The summed E-state index contributed by atoms with van der Waals surface area (Å²) in [5, 5.41) is 3.26. The minimum absolute atomic E-state index is 0.278. The van der Waals surface area contributed by atoms with Gasteiger partial charge in [-0.25, -0.2) is 0 Å². The van der Waals surface area contributed by atoms with Crippen molar-refractivity contribution in [1.82, 2.24) is 0 Å². The minimum atomic E-state index is -0.389. The highest BCUT2D eigenvalue weighted by Crippen LogP contribution is 2.16. The fraction of sp³-hybridized carbons (Fsp3) is 0.0588. The quantitative estimate of drug-likeness (QED) is 0.528. The summed E-state index contributed by atoms with van der Waals surface area (Å²) < 4.78 is 4.98. The van der Waals surface area contributed by atoms with Crippen LogP contribution in [0, 0.1) is 0 Å². The molecule has 1 N–H and O–H groups in total. The lowest BCUT2D eigenvalue weighted by molar-refractivity contribution is -0.131. The molecule has 2 aromatic carbocycles. The molecule has 4 nitrogen and oxygen atoms in total. The monoisotopic (exact) mass is 315 g/mol. The van der Waals surface area contributed by atoms with Crippen molar-refractivity contribution in [1.29, 1.82) is 0 Å². The average Bonchev–Trinajstić information content (AvgIpc) is 2.45. The largest absolute Gasteiger partial charge is 0.427 e. The number of benzene rings is 2.